The molecule has 4 rings (SSSR count). The van der Waals surface area contributed by atoms with Crippen molar-refractivity contribution >= 4 is 57.8 Å². The number of pyridine rings is 1. The zero-order valence-corrected chi connectivity index (χ0v) is 24.0. The zero-order valence-electron chi connectivity index (χ0n) is 22.4. The highest BCUT2D eigenvalue weighted by Crippen LogP contribution is 2.36. The average molecular weight is 584 g/mol. The lowest BCUT2D eigenvalue weighted by Gasteiger charge is -2.39. The Morgan fingerprint density at radius 1 is 1.18 bits per heavy atom. The van der Waals surface area contributed by atoms with Gasteiger partial charge >= 0.3 is 5.97 Å². The number of anilines is 2. The van der Waals surface area contributed by atoms with Crippen molar-refractivity contribution in [3.05, 3.63) is 62.0 Å². The van der Waals surface area contributed by atoms with Gasteiger partial charge in [-0.05, 0) is 43.5 Å². The number of thiocarbonyl (C=S) groups is 1. The minimum Gasteiger partial charge on any atom is -0.481 e. The maximum Gasteiger partial charge on any atom is 0.303 e. The summed E-state index contributed by atoms with van der Waals surface area (Å²) in [6, 6.07) is 8.67. The Morgan fingerprint density at radius 2 is 1.85 bits per heavy atom. The number of hydrogen-bond acceptors (Lipinski definition) is 8. The Morgan fingerprint density at radius 3 is 2.48 bits per heavy atom. The first-order valence-electron chi connectivity index (χ1n) is 13.1. The number of halogens is 1. The highest BCUT2D eigenvalue weighted by Gasteiger charge is 2.33. The van der Waals surface area contributed by atoms with Gasteiger partial charge in [0.1, 0.15) is 27.6 Å². The van der Waals surface area contributed by atoms with E-state index in [4.69, 9.17) is 17.3 Å². The molecule has 9 nitrogen and oxygen atoms in total. The number of carboxylic acids is 1. The molecule has 1 amide bonds. The molecule has 0 saturated carbocycles. The molecule has 3 heterocycles. The van der Waals surface area contributed by atoms with Crippen LogP contribution in [0, 0.1) is 24.1 Å². The average Bonchev–Trinajstić information content (AvgIpc) is 3.19. The lowest BCUT2D eigenvalue weighted by atomic mass is 10.0. The van der Waals surface area contributed by atoms with Gasteiger partial charge < -0.3 is 14.9 Å². The van der Waals surface area contributed by atoms with E-state index in [0.717, 1.165) is 11.8 Å². The highest BCUT2D eigenvalue weighted by molar-refractivity contribution is 8.26. The molecular weight excluding hydrogens is 553 g/mol. The van der Waals surface area contributed by atoms with Crippen molar-refractivity contribution < 1.29 is 19.1 Å². The second-order valence-electron chi connectivity index (χ2n) is 9.56. The van der Waals surface area contributed by atoms with Crippen molar-refractivity contribution in [2.45, 2.75) is 39.7 Å². The van der Waals surface area contributed by atoms with Crippen LogP contribution in [0.25, 0.3) is 6.08 Å². The smallest absolute Gasteiger partial charge is 0.303 e. The van der Waals surface area contributed by atoms with E-state index < -0.39 is 5.97 Å². The van der Waals surface area contributed by atoms with E-state index in [1.54, 1.807) is 35.8 Å². The number of nitrogens with zero attached hydrogens (tertiary/aromatic N) is 5. The van der Waals surface area contributed by atoms with E-state index in [-0.39, 0.29) is 42.2 Å². The van der Waals surface area contributed by atoms with Gasteiger partial charge in [0.2, 0.25) is 0 Å². The van der Waals surface area contributed by atoms with Crippen LogP contribution in [0.5, 0.6) is 0 Å². The molecule has 0 spiro atoms. The number of hydrogen-bond donors (Lipinski definition) is 1. The standard InChI is InChI=1S/C28H30FN5O4S2/c1-3-10-33-25(32-14-12-31(13-15-32)22-8-5-4-7-21(22)29)19(18(2)20(17-30)26(33)37)16-23-27(38)34(28(39)40-23)11-6-9-24(35)36/h4-5,7-8,16H,3,6,9-15H2,1-2H3,(H,35,36)/b23-16-. The Hall–Kier alpha value is -3.69. The summed E-state index contributed by atoms with van der Waals surface area (Å²) in [5.41, 5.74) is 1.23. The Labute approximate surface area is 241 Å². The van der Waals surface area contributed by atoms with Crippen molar-refractivity contribution in [3.63, 3.8) is 0 Å². The van der Waals surface area contributed by atoms with E-state index in [0.29, 0.717) is 71.0 Å². The number of aromatic nitrogens is 1. The van der Waals surface area contributed by atoms with Gasteiger partial charge in [-0.15, -0.1) is 0 Å². The van der Waals surface area contributed by atoms with Crippen LogP contribution in [0.15, 0.2) is 34.0 Å². The highest BCUT2D eigenvalue weighted by atomic mass is 32.2. The molecule has 2 aromatic rings. The first-order valence-corrected chi connectivity index (χ1v) is 14.3. The summed E-state index contributed by atoms with van der Waals surface area (Å²) in [4.78, 5) is 43.4. The number of carbonyl (C=O) groups is 2. The number of amides is 1. The number of benzene rings is 1. The molecule has 1 N–H and O–H groups in total. The Kier molecular flexibility index (Phi) is 9.27. The summed E-state index contributed by atoms with van der Waals surface area (Å²) in [5.74, 6) is -0.952. The van der Waals surface area contributed by atoms with Gasteiger partial charge in [-0.1, -0.05) is 43.0 Å². The number of thioether (sulfide) groups is 1. The van der Waals surface area contributed by atoms with Crippen molar-refractivity contribution in [2.75, 3.05) is 42.5 Å². The minimum atomic E-state index is -0.946. The van der Waals surface area contributed by atoms with Crippen LogP contribution in [0.1, 0.15) is 42.9 Å². The van der Waals surface area contributed by atoms with Crippen LogP contribution < -0.4 is 15.4 Å². The van der Waals surface area contributed by atoms with E-state index in [2.05, 4.69) is 4.90 Å². The zero-order chi connectivity index (χ0) is 29.0. The van der Waals surface area contributed by atoms with Crippen LogP contribution in [-0.4, -0.2) is 63.5 Å². The lowest BCUT2D eigenvalue weighted by Crippen LogP contribution is -2.49. The predicted octanol–water partition coefficient (Wildman–Crippen LogP) is 3.97. The monoisotopic (exact) mass is 583 g/mol. The quantitative estimate of drug-likeness (QED) is 0.346. The molecule has 0 atom stereocenters. The van der Waals surface area contributed by atoms with E-state index in [1.807, 2.05) is 17.9 Å². The maximum absolute atomic E-state index is 14.4. The molecule has 0 radical (unpaired) electrons. The molecule has 1 aromatic carbocycles. The van der Waals surface area contributed by atoms with Gasteiger partial charge in [0.15, 0.2) is 0 Å². The number of carboxylic acid groups (broad SMARTS) is 1. The molecule has 1 aromatic heterocycles. The molecule has 0 aliphatic carbocycles. The fourth-order valence-electron chi connectivity index (χ4n) is 5.00. The molecular formula is C28H30FN5O4S2. The van der Waals surface area contributed by atoms with Crippen LogP contribution in [-0.2, 0) is 16.1 Å². The predicted molar refractivity (Wildman–Crippen MR) is 158 cm³/mol. The van der Waals surface area contributed by atoms with Gasteiger partial charge in [0, 0.05) is 51.3 Å². The minimum absolute atomic E-state index is 0.0189. The fraction of sp³-hybridized carbons (Fsp3) is 0.393. The molecule has 2 fully saturated rings. The van der Waals surface area contributed by atoms with Crippen molar-refractivity contribution in [1.82, 2.24) is 9.47 Å². The normalized spacial score (nSPS) is 16.6. The second-order valence-corrected chi connectivity index (χ2v) is 11.2. The van der Waals surface area contributed by atoms with Gasteiger partial charge in [0.25, 0.3) is 11.5 Å². The molecule has 2 saturated heterocycles. The number of rotatable bonds is 9. The lowest BCUT2D eigenvalue weighted by molar-refractivity contribution is -0.137. The summed E-state index contributed by atoms with van der Waals surface area (Å²) >= 11 is 6.53. The summed E-state index contributed by atoms with van der Waals surface area (Å²) in [7, 11) is 0. The first kappa shape index (κ1) is 29.3. The molecule has 210 valence electrons. The van der Waals surface area contributed by atoms with Gasteiger partial charge in [-0.3, -0.25) is 23.9 Å². The van der Waals surface area contributed by atoms with E-state index in [1.165, 1.54) is 11.0 Å². The Balaban J connectivity index is 1.74. The summed E-state index contributed by atoms with van der Waals surface area (Å²) in [6.45, 7) is 6.26. The summed E-state index contributed by atoms with van der Waals surface area (Å²) in [5, 5.41) is 18.8. The molecule has 2 aliphatic rings. The van der Waals surface area contributed by atoms with Crippen molar-refractivity contribution in [2.24, 2.45) is 0 Å². The van der Waals surface area contributed by atoms with Crippen LogP contribution in [0.4, 0.5) is 15.9 Å². The van der Waals surface area contributed by atoms with Crippen LogP contribution in [0.2, 0.25) is 0 Å². The third-order valence-corrected chi connectivity index (χ3v) is 8.37. The largest absolute Gasteiger partial charge is 0.481 e. The summed E-state index contributed by atoms with van der Waals surface area (Å²) in [6.07, 6.45) is 2.54. The van der Waals surface area contributed by atoms with Gasteiger partial charge in [-0.25, -0.2) is 4.39 Å². The number of piperazine rings is 1. The van der Waals surface area contributed by atoms with Crippen LogP contribution >= 0.6 is 24.0 Å². The van der Waals surface area contributed by atoms with Crippen molar-refractivity contribution in [3.8, 4) is 6.07 Å². The number of carbonyl (C=O) groups excluding carboxylic acids is 1. The molecule has 40 heavy (non-hydrogen) atoms. The molecule has 0 unspecified atom stereocenters. The number of para-hydroxylation sites is 1. The molecule has 2 aliphatic heterocycles. The molecule has 12 heteroatoms. The van der Waals surface area contributed by atoms with Crippen molar-refractivity contribution in [1.29, 1.82) is 5.26 Å². The summed E-state index contributed by atoms with van der Waals surface area (Å²) < 4.78 is 16.4. The van der Waals surface area contributed by atoms with Gasteiger partial charge in [0.05, 0.1) is 10.6 Å². The molecule has 0 bridgehead atoms. The van der Waals surface area contributed by atoms with Gasteiger partial charge in [-0.2, -0.15) is 5.26 Å². The Bertz CT molecular complexity index is 1470. The maximum atomic E-state index is 14.4. The topological polar surface area (TPSA) is 110 Å². The first-order chi connectivity index (χ1) is 19.2. The van der Waals surface area contributed by atoms with E-state index in [9.17, 15) is 24.0 Å². The second kappa shape index (κ2) is 12.7. The number of aliphatic carboxylic acids is 1. The SMILES string of the molecule is CCCn1c(N2CCN(c3ccccc3F)CC2)c(/C=C2\SC(=S)N(CCCC(=O)O)C2=O)c(C)c(C#N)c1=O. The number of nitriles is 1. The third-order valence-electron chi connectivity index (χ3n) is 6.99. The third kappa shape index (κ3) is 5.90. The van der Waals surface area contributed by atoms with E-state index >= 15 is 0 Å². The van der Waals surface area contributed by atoms with Crippen LogP contribution in [0.3, 0.4) is 0 Å². The fourth-order valence-corrected chi connectivity index (χ4v) is 6.29.